The molecule has 8 nitrogen and oxygen atoms in total. The lowest BCUT2D eigenvalue weighted by Gasteiger charge is -2.11. The number of anilines is 1. The van der Waals surface area contributed by atoms with Gasteiger partial charge in [0.05, 0.1) is 4.90 Å². The van der Waals surface area contributed by atoms with Crippen LogP contribution in [0.5, 0.6) is 5.75 Å². The van der Waals surface area contributed by atoms with E-state index in [0.29, 0.717) is 5.56 Å². The molecule has 0 saturated heterocycles. The highest BCUT2D eigenvalue weighted by atomic mass is 32.2. The maximum absolute atomic E-state index is 12.4. The van der Waals surface area contributed by atoms with Gasteiger partial charge in [0.2, 0.25) is 0 Å². The summed E-state index contributed by atoms with van der Waals surface area (Å²) >= 11 is 0. The Morgan fingerprint density at radius 3 is 2.03 bits per heavy atom. The van der Waals surface area contributed by atoms with Crippen molar-refractivity contribution in [3.8, 4) is 5.75 Å². The number of rotatable bonds is 6. The van der Waals surface area contributed by atoms with E-state index in [2.05, 4.69) is 5.32 Å². The summed E-state index contributed by atoms with van der Waals surface area (Å²) in [7, 11) is -8.05. The number of aryl methyl sites for hydroxylation is 2. The minimum absolute atomic E-state index is 0.0430. The topological polar surface area (TPSA) is 119 Å². The van der Waals surface area contributed by atoms with Crippen molar-refractivity contribution >= 4 is 31.9 Å². The third-order valence-corrected chi connectivity index (χ3v) is 6.99. The molecular weight excluding hydrogens is 440 g/mol. The fourth-order valence-corrected chi connectivity index (χ4v) is 4.73. The number of carbonyl (C=O) groups excluding carboxylic acids is 1. The van der Waals surface area contributed by atoms with Crippen molar-refractivity contribution in [1.29, 1.82) is 0 Å². The zero-order valence-electron chi connectivity index (χ0n) is 16.7. The molecule has 0 spiro atoms. The first-order valence-corrected chi connectivity index (χ1v) is 12.0. The molecule has 31 heavy (non-hydrogen) atoms. The van der Waals surface area contributed by atoms with Gasteiger partial charge in [-0.2, -0.15) is 8.42 Å². The summed E-state index contributed by atoms with van der Waals surface area (Å²) in [5, 5.41) is 2.38. The van der Waals surface area contributed by atoms with Gasteiger partial charge in [-0.15, -0.1) is 0 Å². The van der Waals surface area contributed by atoms with Crippen molar-refractivity contribution < 1.29 is 25.8 Å². The molecule has 0 atom stereocenters. The smallest absolute Gasteiger partial charge is 0.339 e. The molecule has 0 unspecified atom stereocenters. The highest BCUT2D eigenvalue weighted by Crippen LogP contribution is 2.22. The highest BCUT2D eigenvalue weighted by molar-refractivity contribution is 7.90. The molecule has 3 rings (SSSR count). The summed E-state index contributed by atoms with van der Waals surface area (Å²) in [6.45, 7) is 3.47. The van der Waals surface area contributed by atoms with Crippen LogP contribution in [-0.4, -0.2) is 22.9 Å². The first-order chi connectivity index (χ1) is 14.6. The van der Waals surface area contributed by atoms with Gasteiger partial charge in [-0.3, -0.25) is 0 Å². The predicted molar refractivity (Wildman–Crippen MR) is 116 cm³/mol. The van der Waals surface area contributed by atoms with Crippen LogP contribution in [0.15, 0.2) is 82.6 Å². The number of nitrogens with one attached hydrogen (secondary N) is 2. The Morgan fingerprint density at radius 1 is 0.806 bits per heavy atom. The summed E-state index contributed by atoms with van der Waals surface area (Å²) in [6, 6.07) is 17.0. The number of amides is 2. The van der Waals surface area contributed by atoms with Gasteiger partial charge in [-0.25, -0.2) is 17.9 Å². The molecule has 0 aliphatic carbocycles. The third-order valence-electron chi connectivity index (χ3n) is 4.24. The van der Waals surface area contributed by atoms with E-state index < -0.39 is 26.2 Å². The number of hydrogen-bond donors (Lipinski definition) is 2. The maximum Gasteiger partial charge on any atom is 0.339 e. The first-order valence-electron chi connectivity index (χ1n) is 9.07. The largest absolute Gasteiger partial charge is 0.379 e. The fraction of sp³-hybridized carbons (Fsp3) is 0.0952. The Kier molecular flexibility index (Phi) is 6.32. The van der Waals surface area contributed by atoms with Crippen LogP contribution in [0, 0.1) is 13.8 Å². The molecule has 0 radical (unpaired) electrons. The second-order valence-electron chi connectivity index (χ2n) is 6.70. The quantitative estimate of drug-likeness (QED) is 0.543. The van der Waals surface area contributed by atoms with Crippen molar-refractivity contribution in [3.05, 3.63) is 83.9 Å². The number of hydrogen-bond acceptors (Lipinski definition) is 6. The lowest BCUT2D eigenvalue weighted by molar-refractivity contribution is 0.256. The summed E-state index contributed by atoms with van der Waals surface area (Å²) in [5.74, 6) is 0.0430. The number of carbonyl (C=O) groups is 1. The van der Waals surface area contributed by atoms with E-state index in [9.17, 15) is 21.6 Å². The van der Waals surface area contributed by atoms with Crippen molar-refractivity contribution in [2.75, 3.05) is 5.32 Å². The third kappa shape index (κ3) is 5.62. The Morgan fingerprint density at radius 2 is 1.42 bits per heavy atom. The lowest BCUT2D eigenvalue weighted by atomic mass is 10.2. The van der Waals surface area contributed by atoms with Gasteiger partial charge in [-0.05, 0) is 61.9 Å². The minimum Gasteiger partial charge on any atom is -0.379 e. The molecule has 2 N–H and O–H groups in total. The number of urea groups is 1. The average molecular weight is 461 g/mol. The molecule has 0 saturated carbocycles. The van der Waals surface area contributed by atoms with Crippen LogP contribution < -0.4 is 14.2 Å². The van der Waals surface area contributed by atoms with Crippen LogP contribution in [0.25, 0.3) is 0 Å². The molecule has 3 aromatic carbocycles. The molecule has 162 valence electrons. The van der Waals surface area contributed by atoms with Gasteiger partial charge in [0.1, 0.15) is 10.6 Å². The summed E-state index contributed by atoms with van der Waals surface area (Å²) in [4.78, 5) is 12.1. The van der Waals surface area contributed by atoms with E-state index in [1.54, 1.807) is 37.3 Å². The molecule has 10 heteroatoms. The predicted octanol–water partition coefficient (Wildman–Crippen LogP) is 3.58. The van der Waals surface area contributed by atoms with Crippen molar-refractivity contribution in [3.63, 3.8) is 0 Å². The Balaban J connectivity index is 1.66. The second-order valence-corrected chi connectivity index (χ2v) is 9.90. The zero-order chi connectivity index (χ0) is 22.6. The summed E-state index contributed by atoms with van der Waals surface area (Å²) < 4.78 is 56.4. The van der Waals surface area contributed by atoms with E-state index in [4.69, 9.17) is 4.18 Å². The van der Waals surface area contributed by atoms with E-state index >= 15 is 0 Å². The molecule has 0 bridgehead atoms. The average Bonchev–Trinajstić information content (AvgIpc) is 2.69. The van der Waals surface area contributed by atoms with Crippen molar-refractivity contribution in [1.82, 2.24) is 4.72 Å². The summed E-state index contributed by atoms with van der Waals surface area (Å²) in [5.41, 5.74) is 1.68. The lowest BCUT2D eigenvalue weighted by Crippen LogP contribution is -2.34. The van der Waals surface area contributed by atoms with Gasteiger partial charge in [0.25, 0.3) is 10.0 Å². The van der Waals surface area contributed by atoms with E-state index in [1.165, 1.54) is 42.5 Å². The molecule has 3 aromatic rings. The van der Waals surface area contributed by atoms with E-state index in [0.717, 1.165) is 5.56 Å². The Labute approximate surface area is 181 Å². The van der Waals surface area contributed by atoms with Gasteiger partial charge in [0, 0.05) is 5.69 Å². The maximum atomic E-state index is 12.4. The van der Waals surface area contributed by atoms with Crippen LogP contribution in [0.4, 0.5) is 10.5 Å². The van der Waals surface area contributed by atoms with E-state index in [-0.39, 0.29) is 21.2 Å². The van der Waals surface area contributed by atoms with Crippen molar-refractivity contribution in [2.45, 2.75) is 23.6 Å². The number of sulfonamides is 1. The normalized spacial score (nSPS) is 11.5. The molecule has 2 amide bonds. The molecule has 0 aliphatic heterocycles. The monoisotopic (exact) mass is 460 g/mol. The van der Waals surface area contributed by atoms with Crippen LogP contribution in [0.2, 0.25) is 0 Å². The van der Waals surface area contributed by atoms with Gasteiger partial charge >= 0.3 is 16.1 Å². The molecule has 0 fully saturated rings. The van der Waals surface area contributed by atoms with Crippen molar-refractivity contribution in [2.24, 2.45) is 0 Å². The van der Waals surface area contributed by atoms with Crippen LogP contribution >= 0.6 is 0 Å². The van der Waals surface area contributed by atoms with Gasteiger partial charge in [0.15, 0.2) is 0 Å². The van der Waals surface area contributed by atoms with Crippen LogP contribution in [0.1, 0.15) is 11.1 Å². The SMILES string of the molecule is Cc1ccc(S(=O)(=O)NC(=O)Nc2ccc(OS(=O)(=O)c3ccccc3C)cc2)cc1. The minimum atomic E-state index is -4.03. The Bertz CT molecular complexity index is 1300. The standard InChI is InChI=1S/C21H20N2O6S2/c1-15-7-13-19(14-8-15)30(25,26)23-21(24)22-17-9-11-18(12-10-17)29-31(27,28)20-6-4-3-5-16(20)2/h3-14H,1-2H3,(H2,22,23,24). The Hall–Kier alpha value is -3.37. The van der Waals surface area contributed by atoms with Gasteiger partial charge < -0.3 is 9.50 Å². The first kappa shape index (κ1) is 22.3. The molecule has 0 aliphatic rings. The zero-order valence-corrected chi connectivity index (χ0v) is 18.3. The number of benzene rings is 3. The van der Waals surface area contributed by atoms with E-state index in [1.807, 2.05) is 11.6 Å². The fourth-order valence-electron chi connectivity index (χ4n) is 2.66. The second kappa shape index (κ2) is 8.78. The highest BCUT2D eigenvalue weighted by Gasteiger charge is 2.19. The molecule has 0 aromatic heterocycles. The summed E-state index contributed by atoms with van der Waals surface area (Å²) in [6.07, 6.45) is 0. The molecular formula is C21H20N2O6S2. The molecule has 0 heterocycles. The van der Waals surface area contributed by atoms with Crippen LogP contribution in [0.3, 0.4) is 0 Å². The van der Waals surface area contributed by atoms with Gasteiger partial charge in [-0.1, -0.05) is 35.9 Å². The van der Waals surface area contributed by atoms with Crippen LogP contribution in [-0.2, 0) is 20.1 Å².